The molecule has 1 spiro atoms. The Morgan fingerprint density at radius 3 is 2.81 bits per heavy atom. The van der Waals surface area contributed by atoms with Gasteiger partial charge in [-0.1, -0.05) is 11.6 Å². The SMILES string of the molecule is COC(=O)CN1C[C@]2(C[C@H]2F)c2c(ccc(Cl)c2F)C1=O. The number of amides is 1. The molecule has 1 saturated carbocycles. The van der Waals surface area contributed by atoms with E-state index >= 15 is 0 Å². The summed E-state index contributed by atoms with van der Waals surface area (Å²) in [6, 6.07) is 2.64. The largest absolute Gasteiger partial charge is 0.468 e. The smallest absolute Gasteiger partial charge is 0.325 e. The molecule has 7 heteroatoms. The van der Waals surface area contributed by atoms with Crippen LogP contribution in [0.5, 0.6) is 0 Å². The van der Waals surface area contributed by atoms with E-state index in [1.54, 1.807) is 0 Å². The first-order valence-corrected chi connectivity index (χ1v) is 6.77. The molecule has 0 N–H and O–H groups in total. The van der Waals surface area contributed by atoms with E-state index in [0.717, 1.165) is 0 Å². The number of hydrogen-bond donors (Lipinski definition) is 0. The summed E-state index contributed by atoms with van der Waals surface area (Å²) in [4.78, 5) is 24.9. The van der Waals surface area contributed by atoms with Gasteiger partial charge in [-0.2, -0.15) is 0 Å². The topological polar surface area (TPSA) is 46.6 Å². The van der Waals surface area contributed by atoms with Gasteiger partial charge in [-0.25, -0.2) is 8.78 Å². The second-order valence-electron chi connectivity index (χ2n) is 5.35. The number of halogens is 3. The quantitative estimate of drug-likeness (QED) is 0.785. The number of hydrogen-bond acceptors (Lipinski definition) is 3. The van der Waals surface area contributed by atoms with E-state index in [9.17, 15) is 18.4 Å². The monoisotopic (exact) mass is 315 g/mol. The Hall–Kier alpha value is -1.69. The average Bonchev–Trinajstić information content (AvgIpc) is 3.09. The molecule has 2 atom stereocenters. The van der Waals surface area contributed by atoms with Crippen molar-refractivity contribution in [1.82, 2.24) is 4.90 Å². The Morgan fingerprint density at radius 2 is 2.24 bits per heavy atom. The van der Waals surface area contributed by atoms with Gasteiger partial charge in [0.05, 0.1) is 17.5 Å². The maximum absolute atomic E-state index is 14.3. The first-order chi connectivity index (χ1) is 9.90. The normalized spacial score (nSPS) is 26.8. The van der Waals surface area contributed by atoms with Gasteiger partial charge in [0.1, 0.15) is 18.5 Å². The second kappa shape index (κ2) is 4.66. The van der Waals surface area contributed by atoms with Crippen LogP contribution >= 0.6 is 11.6 Å². The lowest BCUT2D eigenvalue weighted by Gasteiger charge is -2.34. The van der Waals surface area contributed by atoms with Crippen molar-refractivity contribution >= 4 is 23.5 Å². The Kier molecular flexibility index (Phi) is 3.16. The zero-order chi connectivity index (χ0) is 15.4. The molecular weight excluding hydrogens is 304 g/mol. The van der Waals surface area contributed by atoms with Crippen molar-refractivity contribution in [1.29, 1.82) is 0 Å². The lowest BCUT2D eigenvalue weighted by atomic mass is 9.85. The number of carbonyl (C=O) groups is 2. The highest BCUT2D eigenvalue weighted by molar-refractivity contribution is 6.31. The summed E-state index contributed by atoms with van der Waals surface area (Å²) >= 11 is 5.74. The fourth-order valence-corrected chi connectivity index (χ4v) is 3.07. The summed E-state index contributed by atoms with van der Waals surface area (Å²) in [6.45, 7) is -0.333. The molecule has 1 aromatic rings. The first-order valence-electron chi connectivity index (χ1n) is 6.39. The van der Waals surface area contributed by atoms with Crippen molar-refractivity contribution in [2.75, 3.05) is 20.2 Å². The van der Waals surface area contributed by atoms with E-state index in [1.165, 1.54) is 24.1 Å². The highest BCUT2D eigenvalue weighted by Gasteiger charge is 2.62. The predicted octanol–water partition coefficient (Wildman–Crippen LogP) is 2.09. The Bertz CT molecular complexity index is 651. The molecule has 0 radical (unpaired) electrons. The van der Waals surface area contributed by atoms with Crippen LogP contribution < -0.4 is 0 Å². The molecule has 112 valence electrons. The summed E-state index contributed by atoms with van der Waals surface area (Å²) in [7, 11) is 1.20. The zero-order valence-electron chi connectivity index (χ0n) is 11.2. The van der Waals surface area contributed by atoms with Gasteiger partial charge in [-0.05, 0) is 18.6 Å². The van der Waals surface area contributed by atoms with Crippen molar-refractivity contribution in [3.05, 3.63) is 34.1 Å². The standard InChI is InChI=1S/C14H12ClF2NO3/c1-21-10(19)5-18-6-14(4-9(14)16)11-7(13(18)20)2-3-8(15)12(11)17/h2-3,9H,4-6H2,1H3/t9-,14+/m1/s1. The van der Waals surface area contributed by atoms with Gasteiger partial charge in [0.25, 0.3) is 5.91 Å². The molecular formula is C14H12ClF2NO3. The van der Waals surface area contributed by atoms with Crippen LogP contribution in [0.2, 0.25) is 5.02 Å². The van der Waals surface area contributed by atoms with E-state index < -0.39 is 29.3 Å². The molecule has 2 aliphatic rings. The predicted molar refractivity (Wildman–Crippen MR) is 70.5 cm³/mol. The number of alkyl halides is 1. The van der Waals surface area contributed by atoms with Crippen LogP contribution in [0.4, 0.5) is 8.78 Å². The molecule has 0 bridgehead atoms. The van der Waals surface area contributed by atoms with Gasteiger partial charge in [0.2, 0.25) is 0 Å². The highest BCUT2D eigenvalue weighted by Crippen LogP contribution is 2.55. The Labute approximate surface area is 124 Å². The van der Waals surface area contributed by atoms with Gasteiger partial charge in [-0.3, -0.25) is 9.59 Å². The number of methoxy groups -OCH3 is 1. The summed E-state index contributed by atoms with van der Waals surface area (Å²) in [5.74, 6) is -1.87. The molecule has 3 rings (SSSR count). The van der Waals surface area contributed by atoms with Crippen LogP contribution in [-0.4, -0.2) is 43.1 Å². The number of ether oxygens (including phenoxy) is 1. The molecule has 0 unspecified atom stereocenters. The maximum Gasteiger partial charge on any atom is 0.325 e. The van der Waals surface area contributed by atoms with Crippen molar-refractivity contribution in [3.8, 4) is 0 Å². The van der Waals surface area contributed by atoms with Crippen LogP contribution in [-0.2, 0) is 14.9 Å². The molecule has 1 aliphatic carbocycles. The molecule has 0 aromatic heterocycles. The molecule has 0 saturated heterocycles. The summed E-state index contributed by atoms with van der Waals surface area (Å²) in [6.07, 6.45) is -1.14. The lowest BCUT2D eigenvalue weighted by Crippen LogP contribution is -2.47. The third kappa shape index (κ3) is 2.00. The molecule has 21 heavy (non-hydrogen) atoms. The lowest BCUT2D eigenvalue weighted by molar-refractivity contribution is -0.141. The number of esters is 1. The van der Waals surface area contributed by atoms with Gasteiger partial charge in [0, 0.05) is 17.7 Å². The third-order valence-electron chi connectivity index (χ3n) is 4.11. The van der Waals surface area contributed by atoms with Crippen molar-refractivity contribution < 1.29 is 23.1 Å². The minimum Gasteiger partial charge on any atom is -0.468 e. The van der Waals surface area contributed by atoms with Gasteiger partial charge in [0.15, 0.2) is 0 Å². The molecule has 1 aromatic carbocycles. The van der Waals surface area contributed by atoms with E-state index in [2.05, 4.69) is 4.74 Å². The van der Waals surface area contributed by atoms with Crippen LogP contribution in [0.25, 0.3) is 0 Å². The van der Waals surface area contributed by atoms with Gasteiger partial charge in [-0.15, -0.1) is 0 Å². The van der Waals surface area contributed by atoms with Crippen LogP contribution in [0.1, 0.15) is 22.3 Å². The average molecular weight is 316 g/mol. The van der Waals surface area contributed by atoms with E-state index in [4.69, 9.17) is 11.6 Å². The number of nitrogens with zero attached hydrogens (tertiary/aromatic N) is 1. The van der Waals surface area contributed by atoms with E-state index in [-0.39, 0.29) is 35.7 Å². The van der Waals surface area contributed by atoms with Crippen molar-refractivity contribution in [2.24, 2.45) is 0 Å². The molecule has 1 amide bonds. The second-order valence-corrected chi connectivity index (χ2v) is 5.76. The maximum atomic E-state index is 14.3. The molecule has 1 aliphatic heterocycles. The van der Waals surface area contributed by atoms with Gasteiger partial charge >= 0.3 is 5.97 Å². The summed E-state index contributed by atoms with van der Waals surface area (Å²) < 4.78 is 32.7. The summed E-state index contributed by atoms with van der Waals surface area (Å²) in [5.41, 5.74) is -0.993. The molecule has 1 heterocycles. The number of rotatable bonds is 2. The zero-order valence-corrected chi connectivity index (χ0v) is 11.9. The van der Waals surface area contributed by atoms with Crippen LogP contribution in [0.15, 0.2) is 12.1 Å². The minimum atomic E-state index is -1.25. The van der Waals surface area contributed by atoms with Crippen LogP contribution in [0.3, 0.4) is 0 Å². The number of fused-ring (bicyclic) bond motifs is 2. The molecule has 1 fully saturated rings. The highest BCUT2D eigenvalue weighted by atomic mass is 35.5. The first kappa shape index (κ1) is 14.3. The van der Waals surface area contributed by atoms with E-state index in [1.807, 2.05) is 0 Å². The fourth-order valence-electron chi connectivity index (χ4n) is 2.91. The van der Waals surface area contributed by atoms with E-state index in [0.29, 0.717) is 0 Å². The Balaban J connectivity index is 2.07. The van der Waals surface area contributed by atoms with Crippen LogP contribution in [0, 0.1) is 5.82 Å². The van der Waals surface area contributed by atoms with Crippen molar-refractivity contribution in [3.63, 3.8) is 0 Å². The third-order valence-corrected chi connectivity index (χ3v) is 4.41. The Morgan fingerprint density at radius 1 is 1.57 bits per heavy atom. The summed E-state index contributed by atoms with van der Waals surface area (Å²) in [5, 5.41) is -0.138. The van der Waals surface area contributed by atoms with Gasteiger partial charge < -0.3 is 9.64 Å². The number of carbonyl (C=O) groups excluding carboxylic acids is 2. The molecule has 4 nitrogen and oxygen atoms in total. The fraction of sp³-hybridized carbons (Fsp3) is 0.429. The number of benzene rings is 1. The minimum absolute atomic E-state index is 0.0358. The van der Waals surface area contributed by atoms with Crippen molar-refractivity contribution in [2.45, 2.75) is 18.0 Å².